The Bertz CT molecular complexity index is 1240. The number of unbranched alkanes of at least 4 members (excludes halogenated alkanes) is 1. The third-order valence-corrected chi connectivity index (χ3v) is 7.67. The highest BCUT2D eigenvalue weighted by molar-refractivity contribution is 7.89. The zero-order chi connectivity index (χ0) is 24.9. The maximum Gasteiger partial charge on any atom is 0.242 e. The van der Waals surface area contributed by atoms with E-state index in [0.29, 0.717) is 24.9 Å². The maximum atomic E-state index is 12.5. The number of carbonyl (C=O) groups excluding carboxylic acids is 1. The molecule has 0 aliphatic rings. The number of rotatable bonds is 12. The van der Waals surface area contributed by atoms with Crippen molar-refractivity contribution in [3.8, 4) is 0 Å². The molecule has 0 aliphatic heterocycles. The molecule has 1 amide bonds. The van der Waals surface area contributed by atoms with E-state index in [1.54, 1.807) is 12.1 Å². The first kappa shape index (κ1) is 25.9. The van der Waals surface area contributed by atoms with Crippen molar-refractivity contribution in [2.45, 2.75) is 70.9 Å². The first-order valence-corrected chi connectivity index (χ1v) is 13.3. The molecule has 3 rings (SSSR count). The summed E-state index contributed by atoms with van der Waals surface area (Å²) in [6, 6.07) is 7.11. The molecule has 2 heterocycles. The van der Waals surface area contributed by atoms with E-state index in [1.165, 1.54) is 18.4 Å². The smallest absolute Gasteiger partial charge is 0.242 e. The Morgan fingerprint density at radius 2 is 1.88 bits per heavy atom. The van der Waals surface area contributed by atoms with Crippen LogP contribution in [-0.2, 0) is 34.3 Å². The van der Waals surface area contributed by atoms with Crippen LogP contribution in [0.4, 0.5) is 0 Å². The summed E-state index contributed by atoms with van der Waals surface area (Å²) in [6.45, 7) is 8.27. The summed E-state index contributed by atoms with van der Waals surface area (Å²) in [5.74, 6) is 0.791. The molecule has 0 saturated heterocycles. The van der Waals surface area contributed by atoms with Crippen molar-refractivity contribution in [2.24, 2.45) is 0 Å². The zero-order valence-corrected chi connectivity index (χ0v) is 21.7. The molecule has 0 unspecified atom stereocenters. The molecule has 10 heteroatoms. The lowest BCUT2D eigenvalue weighted by molar-refractivity contribution is -0.121. The van der Waals surface area contributed by atoms with Gasteiger partial charge in [0, 0.05) is 52.3 Å². The van der Waals surface area contributed by atoms with Gasteiger partial charge in [-0.3, -0.25) is 9.48 Å². The second kappa shape index (κ2) is 11.1. The van der Waals surface area contributed by atoms with Crippen LogP contribution in [-0.4, -0.2) is 58.6 Å². The average molecular weight is 489 g/mol. The third-order valence-electron chi connectivity index (χ3n) is 5.86. The van der Waals surface area contributed by atoms with Gasteiger partial charge in [-0.1, -0.05) is 13.3 Å². The molecular formula is C24H36N6O3S. The number of carbonyl (C=O) groups is 1. The first-order valence-electron chi connectivity index (χ1n) is 11.8. The van der Waals surface area contributed by atoms with Crippen molar-refractivity contribution in [1.29, 1.82) is 0 Å². The largest absolute Gasteiger partial charge is 0.356 e. The number of hydrogen-bond acceptors (Lipinski definition) is 5. The van der Waals surface area contributed by atoms with Crippen molar-refractivity contribution in [3.63, 3.8) is 0 Å². The predicted molar refractivity (Wildman–Crippen MR) is 133 cm³/mol. The molecule has 34 heavy (non-hydrogen) atoms. The van der Waals surface area contributed by atoms with Gasteiger partial charge in [-0.15, -0.1) is 0 Å². The first-order chi connectivity index (χ1) is 16.1. The molecular weight excluding hydrogens is 452 g/mol. The number of aromatic nitrogens is 4. The summed E-state index contributed by atoms with van der Waals surface area (Å²) in [4.78, 5) is 17.4. The van der Waals surface area contributed by atoms with E-state index in [1.807, 2.05) is 30.7 Å². The van der Waals surface area contributed by atoms with E-state index < -0.39 is 10.0 Å². The van der Waals surface area contributed by atoms with Crippen molar-refractivity contribution in [2.75, 3.05) is 20.6 Å². The summed E-state index contributed by atoms with van der Waals surface area (Å²) < 4.78 is 30.3. The number of fused-ring (bicyclic) bond motifs is 1. The Morgan fingerprint density at radius 1 is 1.12 bits per heavy atom. The minimum Gasteiger partial charge on any atom is -0.356 e. The Labute approximate surface area is 202 Å². The van der Waals surface area contributed by atoms with Crippen molar-refractivity contribution < 1.29 is 13.2 Å². The van der Waals surface area contributed by atoms with Crippen LogP contribution >= 0.6 is 0 Å². The Hall–Kier alpha value is -2.72. The number of imidazole rings is 1. The fraction of sp³-hybridized carbons (Fsp3) is 0.542. The normalized spacial score (nSPS) is 12.1. The highest BCUT2D eigenvalue weighted by Gasteiger charge is 2.20. The number of sulfonamides is 1. The van der Waals surface area contributed by atoms with Gasteiger partial charge in [0.15, 0.2) is 0 Å². The molecule has 186 valence electrons. The van der Waals surface area contributed by atoms with Crippen LogP contribution in [0.15, 0.2) is 29.2 Å². The lowest BCUT2D eigenvalue weighted by Crippen LogP contribution is -2.26. The number of hydrogen-bond donors (Lipinski definition) is 1. The quantitative estimate of drug-likeness (QED) is 0.395. The van der Waals surface area contributed by atoms with Gasteiger partial charge in [0.1, 0.15) is 5.82 Å². The third kappa shape index (κ3) is 6.04. The topological polar surface area (TPSA) is 102 Å². The van der Waals surface area contributed by atoms with E-state index >= 15 is 0 Å². The molecule has 0 fully saturated rings. The van der Waals surface area contributed by atoms with Gasteiger partial charge < -0.3 is 9.88 Å². The van der Waals surface area contributed by atoms with Crippen LogP contribution in [0.5, 0.6) is 0 Å². The van der Waals surface area contributed by atoms with Gasteiger partial charge in [-0.05, 0) is 51.0 Å². The highest BCUT2D eigenvalue weighted by Crippen LogP contribution is 2.23. The molecule has 0 spiro atoms. The van der Waals surface area contributed by atoms with Gasteiger partial charge in [0.25, 0.3) is 0 Å². The van der Waals surface area contributed by atoms with E-state index in [2.05, 4.69) is 21.9 Å². The van der Waals surface area contributed by atoms with Crippen molar-refractivity contribution in [1.82, 2.24) is 29.0 Å². The monoisotopic (exact) mass is 488 g/mol. The number of nitrogens with one attached hydrogen (secondary N) is 1. The lowest BCUT2D eigenvalue weighted by atomic mass is 10.2. The molecule has 9 nitrogen and oxygen atoms in total. The second-order valence-corrected chi connectivity index (χ2v) is 11.0. The van der Waals surface area contributed by atoms with E-state index in [9.17, 15) is 13.2 Å². The van der Waals surface area contributed by atoms with Crippen LogP contribution in [0.25, 0.3) is 11.0 Å². The summed E-state index contributed by atoms with van der Waals surface area (Å²) >= 11 is 0. The Kier molecular flexibility index (Phi) is 8.48. The van der Waals surface area contributed by atoms with Gasteiger partial charge >= 0.3 is 0 Å². The lowest BCUT2D eigenvalue weighted by Gasteiger charge is -2.11. The second-order valence-electron chi connectivity index (χ2n) is 8.82. The highest BCUT2D eigenvalue weighted by atomic mass is 32.2. The average Bonchev–Trinajstić information content (AvgIpc) is 3.30. The molecule has 2 aromatic heterocycles. The van der Waals surface area contributed by atoms with Crippen LogP contribution in [0.2, 0.25) is 0 Å². The fourth-order valence-corrected chi connectivity index (χ4v) is 4.88. The van der Waals surface area contributed by atoms with Crippen molar-refractivity contribution in [3.05, 3.63) is 41.5 Å². The van der Waals surface area contributed by atoms with Gasteiger partial charge in [0.05, 0.1) is 21.6 Å². The number of aryl methyl sites for hydroxylation is 5. The van der Waals surface area contributed by atoms with Crippen LogP contribution in [0.1, 0.15) is 49.8 Å². The van der Waals surface area contributed by atoms with Crippen LogP contribution in [0.3, 0.4) is 0 Å². The summed E-state index contributed by atoms with van der Waals surface area (Å²) in [5, 5.41) is 7.43. The Balaban J connectivity index is 1.65. The predicted octanol–water partition coefficient (Wildman–Crippen LogP) is 3.04. The number of amides is 1. The number of nitrogens with zero attached hydrogens (tertiary/aromatic N) is 5. The Morgan fingerprint density at radius 3 is 2.53 bits per heavy atom. The van der Waals surface area contributed by atoms with Gasteiger partial charge in [-0.25, -0.2) is 17.7 Å². The molecule has 0 atom stereocenters. The van der Waals surface area contributed by atoms with E-state index in [0.717, 1.165) is 55.1 Å². The minimum absolute atomic E-state index is 0.0154. The fourth-order valence-electron chi connectivity index (χ4n) is 3.96. The van der Waals surface area contributed by atoms with Crippen molar-refractivity contribution >= 4 is 27.0 Å². The molecule has 3 aromatic rings. The molecule has 1 N–H and O–H groups in total. The molecule has 0 bridgehead atoms. The molecule has 0 radical (unpaired) electrons. The summed E-state index contributed by atoms with van der Waals surface area (Å²) in [5.41, 5.74) is 3.65. The summed E-state index contributed by atoms with van der Waals surface area (Å²) in [7, 11) is -0.506. The van der Waals surface area contributed by atoms with Crippen LogP contribution < -0.4 is 5.32 Å². The standard InChI is InChI=1S/C24H36N6O3S/c1-6-7-14-29-22-10-9-20(34(32,33)28(4)5)17-21(22)26-23(29)11-12-24(31)25-13-8-15-30-19(3)16-18(2)27-30/h9-10,16-17H,6-8,11-15H2,1-5H3,(H,25,31). The van der Waals surface area contributed by atoms with Crippen LogP contribution in [0, 0.1) is 13.8 Å². The maximum absolute atomic E-state index is 12.5. The van der Waals surface area contributed by atoms with Gasteiger partial charge in [0.2, 0.25) is 15.9 Å². The summed E-state index contributed by atoms with van der Waals surface area (Å²) in [6.07, 6.45) is 3.65. The number of benzene rings is 1. The SMILES string of the molecule is CCCCn1c(CCC(=O)NCCCn2nc(C)cc2C)nc2cc(S(=O)(=O)N(C)C)ccc21. The molecule has 0 saturated carbocycles. The minimum atomic E-state index is -3.54. The van der Waals surface area contributed by atoms with Gasteiger partial charge in [-0.2, -0.15) is 5.10 Å². The zero-order valence-electron chi connectivity index (χ0n) is 20.8. The molecule has 1 aromatic carbocycles. The van der Waals surface area contributed by atoms with E-state index in [4.69, 9.17) is 4.98 Å². The molecule has 0 aliphatic carbocycles. The van der Waals surface area contributed by atoms with E-state index in [-0.39, 0.29) is 10.8 Å².